The van der Waals surface area contributed by atoms with Crippen molar-refractivity contribution >= 4 is 35.0 Å². The summed E-state index contributed by atoms with van der Waals surface area (Å²) in [5, 5.41) is 10.3. The zero-order chi connectivity index (χ0) is 23.5. The molecule has 0 saturated heterocycles. The largest absolute Gasteiger partial charge is 0.457 e. The Balaban J connectivity index is 1.41. The van der Waals surface area contributed by atoms with Crippen LogP contribution >= 0.6 is 23.1 Å². The van der Waals surface area contributed by atoms with Gasteiger partial charge in [-0.1, -0.05) is 66.4 Å². The van der Waals surface area contributed by atoms with Crippen molar-refractivity contribution in [3.63, 3.8) is 0 Å². The number of aromatic nitrogens is 3. The molecular formula is C25H21FN4O2S2. The van der Waals surface area contributed by atoms with Crippen molar-refractivity contribution in [2.75, 3.05) is 5.32 Å². The number of benzene rings is 2. The molecule has 172 valence electrons. The highest BCUT2D eigenvalue weighted by atomic mass is 32.2. The Bertz CT molecular complexity index is 1340. The van der Waals surface area contributed by atoms with Crippen LogP contribution in [-0.2, 0) is 21.9 Å². The number of thiophene rings is 1. The van der Waals surface area contributed by atoms with Gasteiger partial charge in [-0.05, 0) is 35.6 Å². The van der Waals surface area contributed by atoms with Crippen molar-refractivity contribution in [1.29, 1.82) is 0 Å². The number of carbonyl (C=O) groups excluding carboxylic acids is 1. The number of halogens is 1. The van der Waals surface area contributed by atoms with E-state index in [4.69, 9.17) is 4.74 Å². The van der Waals surface area contributed by atoms with E-state index >= 15 is 0 Å². The second-order valence-corrected chi connectivity index (χ2v) is 9.61. The smallest absolute Gasteiger partial charge is 0.338 e. The number of ether oxygens (including phenoxy) is 1. The van der Waals surface area contributed by atoms with Crippen molar-refractivity contribution in [2.45, 2.75) is 30.5 Å². The average Bonchev–Trinajstić information content (AvgIpc) is 3.52. The summed E-state index contributed by atoms with van der Waals surface area (Å²) < 4.78 is 21.4. The molecule has 34 heavy (non-hydrogen) atoms. The molecule has 9 heteroatoms. The van der Waals surface area contributed by atoms with E-state index in [-0.39, 0.29) is 12.4 Å². The van der Waals surface area contributed by atoms with Gasteiger partial charge >= 0.3 is 5.97 Å². The Kier molecular flexibility index (Phi) is 6.46. The second-order valence-electron chi connectivity index (χ2n) is 7.69. The molecule has 0 amide bonds. The molecule has 2 aromatic carbocycles. The molecule has 2 aromatic heterocycles. The first kappa shape index (κ1) is 22.4. The van der Waals surface area contributed by atoms with Crippen molar-refractivity contribution in [3.05, 3.63) is 105 Å². The highest BCUT2D eigenvalue weighted by Gasteiger charge is 2.35. The zero-order valence-corrected chi connectivity index (χ0v) is 19.9. The predicted octanol–water partition coefficient (Wildman–Crippen LogP) is 5.80. The molecular weight excluding hydrogens is 471 g/mol. The van der Waals surface area contributed by atoms with Crippen LogP contribution in [0, 0.1) is 5.82 Å². The van der Waals surface area contributed by atoms with Gasteiger partial charge in [-0.15, -0.1) is 16.4 Å². The van der Waals surface area contributed by atoms with Gasteiger partial charge < -0.3 is 10.1 Å². The highest BCUT2D eigenvalue weighted by molar-refractivity contribution is 7.98. The third-order valence-electron chi connectivity index (χ3n) is 5.39. The van der Waals surface area contributed by atoms with Crippen LogP contribution in [0.25, 0.3) is 0 Å². The Morgan fingerprint density at radius 2 is 1.94 bits per heavy atom. The number of allylic oxidation sites excluding steroid dienone is 1. The first-order valence-electron chi connectivity index (χ1n) is 10.6. The molecule has 1 N–H and O–H groups in total. The fourth-order valence-electron chi connectivity index (χ4n) is 3.73. The number of hydrogen-bond acceptors (Lipinski definition) is 7. The zero-order valence-electron chi connectivity index (χ0n) is 18.3. The maximum Gasteiger partial charge on any atom is 0.338 e. The van der Waals surface area contributed by atoms with Gasteiger partial charge in [0.1, 0.15) is 18.5 Å². The molecule has 0 bridgehead atoms. The van der Waals surface area contributed by atoms with Crippen LogP contribution in [0.5, 0.6) is 0 Å². The monoisotopic (exact) mass is 492 g/mol. The molecule has 1 aliphatic heterocycles. The number of thioether (sulfide) groups is 1. The molecule has 0 fully saturated rings. The number of carbonyl (C=O) groups is 1. The van der Waals surface area contributed by atoms with Crippen molar-refractivity contribution < 1.29 is 13.9 Å². The van der Waals surface area contributed by atoms with E-state index in [1.54, 1.807) is 22.9 Å². The average molecular weight is 493 g/mol. The van der Waals surface area contributed by atoms with Gasteiger partial charge in [0, 0.05) is 16.3 Å². The number of nitrogens with zero attached hydrogens (tertiary/aromatic N) is 3. The highest BCUT2D eigenvalue weighted by Crippen LogP contribution is 2.38. The molecule has 1 aliphatic rings. The Hall–Kier alpha value is -3.43. The number of rotatable bonds is 7. The second kappa shape index (κ2) is 9.82. The van der Waals surface area contributed by atoms with Crippen LogP contribution in [0.3, 0.4) is 0 Å². The summed E-state index contributed by atoms with van der Waals surface area (Å²) in [6, 6.07) is 19.7. The molecule has 0 spiro atoms. The molecule has 3 heterocycles. The minimum Gasteiger partial charge on any atom is -0.457 e. The van der Waals surface area contributed by atoms with E-state index in [0.29, 0.717) is 33.7 Å². The Labute approximate surface area is 204 Å². The standard InChI is InChI=1S/C25H21FN4O2S2/c1-16-21(23(31)32-14-17-8-3-2-4-9-17)22(20-12-7-13-33-20)30-24(27-16)28-25(29-30)34-15-18-10-5-6-11-19(18)26/h2-13,22H,14-15H2,1H3,(H,27,28,29). The van der Waals surface area contributed by atoms with E-state index < -0.39 is 12.0 Å². The molecule has 1 atom stereocenters. The van der Waals surface area contributed by atoms with Gasteiger partial charge in [0.05, 0.1) is 5.57 Å². The summed E-state index contributed by atoms with van der Waals surface area (Å²) >= 11 is 2.88. The first-order chi connectivity index (χ1) is 16.6. The van der Waals surface area contributed by atoms with Gasteiger partial charge in [-0.3, -0.25) is 0 Å². The lowest BCUT2D eigenvalue weighted by atomic mass is 10.0. The summed E-state index contributed by atoms with van der Waals surface area (Å²) in [4.78, 5) is 18.8. The summed E-state index contributed by atoms with van der Waals surface area (Å²) in [6.07, 6.45) is 0. The molecule has 0 radical (unpaired) electrons. The van der Waals surface area contributed by atoms with Crippen LogP contribution in [0.4, 0.5) is 10.3 Å². The fraction of sp³-hybridized carbons (Fsp3) is 0.160. The topological polar surface area (TPSA) is 69.0 Å². The summed E-state index contributed by atoms with van der Waals surface area (Å²) in [5.74, 6) is 0.271. The Morgan fingerprint density at radius 3 is 2.71 bits per heavy atom. The number of nitrogens with one attached hydrogen (secondary N) is 1. The maximum absolute atomic E-state index is 14.0. The van der Waals surface area contributed by atoms with Gasteiger partial charge in [0.2, 0.25) is 11.1 Å². The minimum atomic E-state index is -0.463. The molecule has 5 rings (SSSR count). The van der Waals surface area contributed by atoms with Crippen LogP contribution in [0.15, 0.2) is 88.5 Å². The summed E-state index contributed by atoms with van der Waals surface area (Å²) in [7, 11) is 0. The lowest BCUT2D eigenvalue weighted by molar-refractivity contribution is -0.140. The van der Waals surface area contributed by atoms with E-state index in [1.165, 1.54) is 29.2 Å². The van der Waals surface area contributed by atoms with Gasteiger partial charge in [-0.25, -0.2) is 13.9 Å². The number of fused-ring (bicyclic) bond motifs is 1. The SMILES string of the molecule is CC1=C(C(=O)OCc2ccccc2)C(c2cccs2)n2nc(SCc3ccccc3F)nc2N1. The van der Waals surface area contributed by atoms with E-state index in [2.05, 4.69) is 15.4 Å². The Morgan fingerprint density at radius 1 is 1.15 bits per heavy atom. The van der Waals surface area contributed by atoms with Gasteiger partial charge in [-0.2, -0.15) is 4.98 Å². The summed E-state index contributed by atoms with van der Waals surface area (Å²) in [5.41, 5.74) is 2.66. The van der Waals surface area contributed by atoms with Gasteiger partial charge in [0.15, 0.2) is 0 Å². The van der Waals surface area contributed by atoms with Crippen molar-refractivity contribution in [3.8, 4) is 0 Å². The van der Waals surface area contributed by atoms with Crippen LogP contribution in [0.1, 0.15) is 29.0 Å². The first-order valence-corrected chi connectivity index (χ1v) is 12.5. The number of esters is 1. The fourth-order valence-corrected chi connectivity index (χ4v) is 5.36. The maximum atomic E-state index is 14.0. The quantitative estimate of drug-likeness (QED) is 0.260. The minimum absolute atomic E-state index is 0.182. The van der Waals surface area contributed by atoms with E-state index in [1.807, 2.05) is 54.8 Å². The number of anilines is 1. The molecule has 6 nitrogen and oxygen atoms in total. The number of hydrogen-bond donors (Lipinski definition) is 1. The molecule has 0 aliphatic carbocycles. The normalized spacial score (nSPS) is 15.1. The predicted molar refractivity (Wildman–Crippen MR) is 131 cm³/mol. The molecule has 0 saturated carbocycles. The van der Waals surface area contributed by atoms with Crippen LogP contribution < -0.4 is 5.32 Å². The lowest BCUT2D eigenvalue weighted by Gasteiger charge is -2.27. The van der Waals surface area contributed by atoms with E-state index in [0.717, 1.165) is 10.4 Å². The molecule has 1 unspecified atom stereocenters. The van der Waals surface area contributed by atoms with E-state index in [9.17, 15) is 9.18 Å². The molecule has 4 aromatic rings. The summed E-state index contributed by atoms with van der Waals surface area (Å²) in [6.45, 7) is 2.02. The van der Waals surface area contributed by atoms with Crippen molar-refractivity contribution in [2.24, 2.45) is 0 Å². The lowest BCUT2D eigenvalue weighted by Crippen LogP contribution is -2.29. The third kappa shape index (κ3) is 4.62. The van der Waals surface area contributed by atoms with Crippen LogP contribution in [-0.4, -0.2) is 20.7 Å². The van der Waals surface area contributed by atoms with Crippen LogP contribution in [0.2, 0.25) is 0 Å². The van der Waals surface area contributed by atoms with Gasteiger partial charge in [0.25, 0.3) is 0 Å². The third-order valence-corrected chi connectivity index (χ3v) is 7.20. The van der Waals surface area contributed by atoms with Crippen molar-refractivity contribution in [1.82, 2.24) is 14.8 Å².